The minimum atomic E-state index is -0.740. The molecule has 0 aliphatic carbocycles. The number of anilines is 2. The topological polar surface area (TPSA) is 59.1 Å². The molecule has 0 fully saturated rings. The lowest BCUT2D eigenvalue weighted by atomic mass is 10.2. The Hall–Kier alpha value is -3.02. The van der Waals surface area contributed by atoms with Gasteiger partial charge in [-0.05, 0) is 72.7 Å². The molecule has 6 nitrogen and oxygen atoms in total. The summed E-state index contributed by atoms with van der Waals surface area (Å²) in [4.78, 5) is 26.3. The Morgan fingerprint density at radius 3 is 1.41 bits per heavy atom. The number of amides is 2. The van der Waals surface area contributed by atoms with Crippen LogP contribution in [0.4, 0.5) is 21.0 Å². The van der Waals surface area contributed by atoms with Gasteiger partial charge in [-0.15, -0.1) is 0 Å². The van der Waals surface area contributed by atoms with Gasteiger partial charge in [-0.2, -0.15) is 10.0 Å². The van der Waals surface area contributed by atoms with Gasteiger partial charge >= 0.3 is 12.2 Å². The number of carbonyl (C=O) groups excluding carboxylic acids is 2. The standard InChI is InChI=1S/C23H30N2O4/c1-17-13-15-19(16-14-17)25(21(27)29-23(5,6)7)24(18-11-9-8-10-12-18)20(26)28-22(2,3)4/h8-16H,1-7H3. The Labute approximate surface area is 173 Å². The van der Waals surface area contributed by atoms with Gasteiger partial charge in [0.2, 0.25) is 0 Å². The van der Waals surface area contributed by atoms with Crippen molar-refractivity contribution in [2.45, 2.75) is 59.7 Å². The second-order valence-corrected chi connectivity index (χ2v) is 8.76. The number of hydrazine groups is 1. The summed E-state index contributed by atoms with van der Waals surface area (Å²) in [5.41, 5.74) is 0.516. The average molecular weight is 399 g/mol. The van der Waals surface area contributed by atoms with E-state index in [9.17, 15) is 9.59 Å². The molecule has 0 atom stereocenters. The summed E-state index contributed by atoms with van der Waals surface area (Å²) in [5.74, 6) is 0. The number of rotatable bonds is 2. The van der Waals surface area contributed by atoms with E-state index >= 15 is 0 Å². The Balaban J connectivity index is 2.60. The van der Waals surface area contributed by atoms with Crippen LogP contribution in [0.1, 0.15) is 47.1 Å². The minimum absolute atomic E-state index is 0.480. The van der Waals surface area contributed by atoms with Gasteiger partial charge in [0.15, 0.2) is 0 Å². The number of benzene rings is 2. The van der Waals surface area contributed by atoms with Crippen molar-refractivity contribution in [2.75, 3.05) is 10.0 Å². The van der Waals surface area contributed by atoms with E-state index in [4.69, 9.17) is 9.47 Å². The summed E-state index contributed by atoms with van der Waals surface area (Å²) >= 11 is 0. The SMILES string of the molecule is Cc1ccc(N(C(=O)OC(C)(C)C)N(C(=O)OC(C)(C)C)c2ccccc2)cc1. The molecule has 0 aromatic heterocycles. The Kier molecular flexibility index (Phi) is 6.57. The van der Waals surface area contributed by atoms with Crippen molar-refractivity contribution >= 4 is 23.6 Å². The first-order chi connectivity index (χ1) is 13.4. The molecule has 6 heteroatoms. The first-order valence-electron chi connectivity index (χ1n) is 9.55. The summed E-state index contributed by atoms with van der Waals surface area (Å²) < 4.78 is 11.2. The van der Waals surface area contributed by atoms with Crippen LogP contribution >= 0.6 is 0 Å². The van der Waals surface area contributed by atoms with E-state index in [-0.39, 0.29) is 0 Å². The molecule has 2 rings (SSSR count). The molecule has 0 unspecified atom stereocenters. The molecule has 0 aliphatic rings. The maximum Gasteiger partial charge on any atom is 0.434 e. The molecule has 2 aromatic rings. The molecule has 0 saturated carbocycles. The van der Waals surface area contributed by atoms with Crippen LogP contribution in [0.5, 0.6) is 0 Å². The zero-order valence-electron chi connectivity index (χ0n) is 18.2. The number of hydrogen-bond acceptors (Lipinski definition) is 4. The van der Waals surface area contributed by atoms with Gasteiger partial charge in [0.1, 0.15) is 11.2 Å². The van der Waals surface area contributed by atoms with Crippen molar-refractivity contribution in [1.29, 1.82) is 0 Å². The van der Waals surface area contributed by atoms with Gasteiger partial charge in [0.05, 0.1) is 11.4 Å². The summed E-state index contributed by atoms with van der Waals surface area (Å²) in [6, 6.07) is 16.1. The second-order valence-electron chi connectivity index (χ2n) is 8.76. The fourth-order valence-corrected chi connectivity index (χ4v) is 2.47. The first kappa shape index (κ1) is 22.3. The van der Waals surface area contributed by atoms with Crippen LogP contribution < -0.4 is 10.0 Å². The van der Waals surface area contributed by atoms with E-state index in [1.807, 2.05) is 25.1 Å². The third kappa shape index (κ3) is 6.52. The molecular weight excluding hydrogens is 368 g/mol. The summed E-state index contributed by atoms with van der Waals surface area (Å²) in [5, 5.41) is 2.40. The quantitative estimate of drug-likeness (QED) is 0.574. The van der Waals surface area contributed by atoms with Crippen LogP contribution in [0.15, 0.2) is 54.6 Å². The Morgan fingerprint density at radius 1 is 0.655 bits per heavy atom. The summed E-state index contributed by atoms with van der Waals surface area (Å²) in [6.45, 7) is 12.6. The fraction of sp³-hybridized carbons (Fsp3) is 0.391. The molecule has 0 bridgehead atoms. The zero-order chi connectivity index (χ0) is 21.8. The van der Waals surface area contributed by atoms with Crippen LogP contribution in [0, 0.1) is 6.92 Å². The van der Waals surface area contributed by atoms with Crippen molar-refractivity contribution in [3.63, 3.8) is 0 Å². The van der Waals surface area contributed by atoms with Gasteiger partial charge in [-0.3, -0.25) is 0 Å². The Morgan fingerprint density at radius 2 is 1.03 bits per heavy atom. The third-order valence-electron chi connectivity index (χ3n) is 3.61. The van der Waals surface area contributed by atoms with Crippen LogP contribution in [0.3, 0.4) is 0 Å². The molecule has 0 spiro atoms. The molecule has 156 valence electrons. The fourth-order valence-electron chi connectivity index (χ4n) is 2.47. The molecule has 29 heavy (non-hydrogen) atoms. The number of hydrogen-bond donors (Lipinski definition) is 0. The lowest BCUT2D eigenvalue weighted by Crippen LogP contribution is -2.53. The van der Waals surface area contributed by atoms with Crippen LogP contribution in [0.2, 0.25) is 0 Å². The average Bonchev–Trinajstić information content (AvgIpc) is 2.58. The zero-order valence-corrected chi connectivity index (χ0v) is 18.2. The lowest BCUT2D eigenvalue weighted by molar-refractivity contribution is 0.0479. The van der Waals surface area contributed by atoms with Crippen LogP contribution in [-0.2, 0) is 9.47 Å². The maximum absolute atomic E-state index is 13.2. The first-order valence-corrected chi connectivity index (χ1v) is 9.55. The molecule has 0 N–H and O–H groups in total. The summed E-state index contributed by atoms with van der Waals surface area (Å²) in [6.07, 6.45) is -1.37. The van der Waals surface area contributed by atoms with E-state index in [0.717, 1.165) is 5.56 Å². The van der Waals surface area contributed by atoms with E-state index < -0.39 is 23.4 Å². The van der Waals surface area contributed by atoms with Gasteiger partial charge in [0.25, 0.3) is 0 Å². The highest BCUT2D eigenvalue weighted by Crippen LogP contribution is 2.27. The molecule has 0 radical (unpaired) electrons. The van der Waals surface area contributed by atoms with Crippen LogP contribution in [-0.4, -0.2) is 23.4 Å². The normalized spacial score (nSPS) is 11.6. The highest BCUT2D eigenvalue weighted by molar-refractivity contribution is 6.01. The molecule has 0 heterocycles. The van der Waals surface area contributed by atoms with Crippen molar-refractivity contribution in [3.8, 4) is 0 Å². The van der Waals surface area contributed by atoms with Crippen molar-refractivity contribution < 1.29 is 19.1 Å². The summed E-state index contributed by atoms with van der Waals surface area (Å²) in [7, 11) is 0. The van der Waals surface area contributed by atoms with Gasteiger partial charge in [0, 0.05) is 0 Å². The number of carbonyl (C=O) groups is 2. The van der Waals surface area contributed by atoms with Gasteiger partial charge < -0.3 is 9.47 Å². The third-order valence-corrected chi connectivity index (χ3v) is 3.61. The molecular formula is C23H30N2O4. The predicted octanol–water partition coefficient (Wildman–Crippen LogP) is 6.09. The van der Waals surface area contributed by atoms with E-state index in [1.54, 1.807) is 77.9 Å². The largest absolute Gasteiger partial charge is 0.442 e. The Bertz CT molecular complexity index is 834. The van der Waals surface area contributed by atoms with E-state index in [1.165, 1.54) is 10.0 Å². The molecule has 0 aliphatic heterocycles. The van der Waals surface area contributed by atoms with Crippen molar-refractivity contribution in [2.24, 2.45) is 0 Å². The number of ether oxygens (including phenoxy) is 2. The van der Waals surface area contributed by atoms with E-state index in [0.29, 0.717) is 11.4 Å². The molecule has 2 aromatic carbocycles. The molecule has 0 saturated heterocycles. The van der Waals surface area contributed by atoms with Crippen molar-refractivity contribution in [1.82, 2.24) is 0 Å². The lowest BCUT2D eigenvalue weighted by Gasteiger charge is -2.36. The second kappa shape index (κ2) is 8.55. The van der Waals surface area contributed by atoms with Crippen molar-refractivity contribution in [3.05, 3.63) is 60.2 Å². The van der Waals surface area contributed by atoms with Gasteiger partial charge in [-0.1, -0.05) is 35.9 Å². The highest BCUT2D eigenvalue weighted by atomic mass is 16.6. The maximum atomic E-state index is 13.2. The predicted molar refractivity (Wildman–Crippen MR) is 115 cm³/mol. The molecule has 2 amide bonds. The minimum Gasteiger partial charge on any atom is -0.442 e. The number of nitrogens with zero attached hydrogens (tertiary/aromatic N) is 2. The number of aryl methyl sites for hydroxylation is 1. The van der Waals surface area contributed by atoms with Gasteiger partial charge in [-0.25, -0.2) is 9.59 Å². The monoisotopic (exact) mass is 398 g/mol. The smallest absolute Gasteiger partial charge is 0.434 e. The highest BCUT2D eigenvalue weighted by Gasteiger charge is 2.35. The number of para-hydroxylation sites is 1. The van der Waals surface area contributed by atoms with E-state index in [2.05, 4.69) is 0 Å². The van der Waals surface area contributed by atoms with Crippen LogP contribution in [0.25, 0.3) is 0 Å².